The Morgan fingerprint density at radius 2 is 1.67 bits per heavy atom. The summed E-state index contributed by atoms with van der Waals surface area (Å²) < 4.78 is 0. The van der Waals surface area contributed by atoms with Crippen LogP contribution in [0, 0.1) is 27.7 Å². The summed E-state index contributed by atoms with van der Waals surface area (Å²) in [5.74, 6) is 0. The van der Waals surface area contributed by atoms with Gasteiger partial charge >= 0.3 is 6.03 Å². The Kier molecular flexibility index (Phi) is 4.76. The second-order valence-electron chi connectivity index (χ2n) is 4.97. The van der Waals surface area contributed by atoms with Crippen LogP contribution in [-0.4, -0.2) is 31.6 Å². The van der Waals surface area contributed by atoms with E-state index in [-0.39, 0.29) is 6.03 Å². The van der Waals surface area contributed by atoms with Gasteiger partial charge in [-0.3, -0.25) is 0 Å². The van der Waals surface area contributed by atoms with Crippen molar-refractivity contribution in [3.8, 4) is 0 Å². The lowest BCUT2D eigenvalue weighted by molar-refractivity contribution is 0.211. The van der Waals surface area contributed by atoms with Crippen molar-refractivity contribution >= 4 is 6.03 Å². The third-order valence-electron chi connectivity index (χ3n) is 3.78. The number of rotatable bonds is 3. The molecular weight excluding hydrogens is 224 g/mol. The molecule has 0 saturated heterocycles. The highest BCUT2D eigenvalue weighted by atomic mass is 16.2. The van der Waals surface area contributed by atoms with E-state index in [9.17, 15) is 4.79 Å². The molecule has 18 heavy (non-hydrogen) atoms. The Bertz CT molecular complexity index is 426. The van der Waals surface area contributed by atoms with E-state index in [0.29, 0.717) is 0 Å². The molecule has 1 N–H and O–H groups in total. The Morgan fingerprint density at radius 1 is 1.17 bits per heavy atom. The van der Waals surface area contributed by atoms with Crippen LogP contribution in [0.4, 0.5) is 4.79 Å². The van der Waals surface area contributed by atoms with Crippen LogP contribution in [0.25, 0.3) is 0 Å². The van der Waals surface area contributed by atoms with E-state index in [1.165, 1.54) is 27.8 Å². The molecule has 0 bridgehead atoms. The number of aryl methyl sites for hydroxylation is 2. The summed E-state index contributed by atoms with van der Waals surface area (Å²) in [6.07, 6.45) is 0.907. The summed E-state index contributed by atoms with van der Waals surface area (Å²) in [5.41, 5.74) is 6.74. The van der Waals surface area contributed by atoms with Crippen molar-refractivity contribution in [1.82, 2.24) is 10.2 Å². The first-order chi connectivity index (χ1) is 8.38. The third kappa shape index (κ3) is 3.03. The summed E-state index contributed by atoms with van der Waals surface area (Å²) >= 11 is 0. The minimum absolute atomic E-state index is 0.0327. The largest absolute Gasteiger partial charge is 0.341 e. The zero-order chi connectivity index (χ0) is 13.9. The first-order valence-corrected chi connectivity index (χ1v) is 6.37. The number of benzene rings is 1. The molecule has 0 heterocycles. The van der Waals surface area contributed by atoms with Crippen LogP contribution in [0.5, 0.6) is 0 Å². The maximum Gasteiger partial charge on any atom is 0.316 e. The smallest absolute Gasteiger partial charge is 0.316 e. The minimum Gasteiger partial charge on any atom is -0.341 e. The van der Waals surface area contributed by atoms with Crippen molar-refractivity contribution < 1.29 is 4.79 Å². The van der Waals surface area contributed by atoms with E-state index in [1.807, 2.05) is 7.05 Å². The van der Waals surface area contributed by atoms with Gasteiger partial charge in [-0.15, -0.1) is 0 Å². The molecule has 3 heteroatoms. The lowest BCUT2D eigenvalue weighted by Gasteiger charge is -2.20. The van der Waals surface area contributed by atoms with E-state index in [2.05, 4.69) is 39.1 Å². The average Bonchev–Trinajstić information content (AvgIpc) is 2.35. The van der Waals surface area contributed by atoms with Gasteiger partial charge in [0.25, 0.3) is 0 Å². The number of nitrogens with one attached hydrogen (secondary N) is 1. The van der Waals surface area contributed by atoms with Crippen molar-refractivity contribution in [2.45, 2.75) is 34.1 Å². The molecule has 3 nitrogen and oxygen atoms in total. The van der Waals surface area contributed by atoms with E-state index < -0.39 is 0 Å². The van der Waals surface area contributed by atoms with Crippen LogP contribution in [0.2, 0.25) is 0 Å². The molecular formula is C15H24N2O. The number of hydrogen-bond donors (Lipinski definition) is 1. The monoisotopic (exact) mass is 248 g/mol. The fraction of sp³-hybridized carbons (Fsp3) is 0.533. The zero-order valence-electron chi connectivity index (χ0n) is 12.3. The highest BCUT2D eigenvalue weighted by molar-refractivity contribution is 5.73. The third-order valence-corrected chi connectivity index (χ3v) is 3.78. The van der Waals surface area contributed by atoms with Gasteiger partial charge in [0.1, 0.15) is 0 Å². The van der Waals surface area contributed by atoms with Crippen LogP contribution in [0.15, 0.2) is 6.07 Å². The summed E-state index contributed by atoms with van der Waals surface area (Å²) in [5, 5.41) is 2.64. The normalized spacial score (nSPS) is 10.3. The standard InChI is InChI=1S/C15H24N2O/c1-10-9-11(2)13(4)14(12(10)3)7-8-17(6)15(18)16-5/h9H,7-8H2,1-6H3,(H,16,18). The molecule has 1 aromatic rings. The molecule has 0 aromatic heterocycles. The highest BCUT2D eigenvalue weighted by Crippen LogP contribution is 2.22. The molecule has 1 aromatic carbocycles. The molecule has 0 atom stereocenters. The predicted molar refractivity (Wildman–Crippen MR) is 76.2 cm³/mol. The van der Waals surface area contributed by atoms with Gasteiger partial charge in [-0.25, -0.2) is 4.79 Å². The van der Waals surface area contributed by atoms with Crippen LogP contribution in [0.3, 0.4) is 0 Å². The lowest BCUT2D eigenvalue weighted by Crippen LogP contribution is -2.36. The van der Waals surface area contributed by atoms with E-state index in [0.717, 1.165) is 13.0 Å². The Labute approximate surface area is 110 Å². The molecule has 0 saturated carbocycles. The van der Waals surface area contributed by atoms with Crippen LogP contribution in [0.1, 0.15) is 27.8 Å². The van der Waals surface area contributed by atoms with Gasteiger partial charge < -0.3 is 10.2 Å². The molecule has 2 amide bonds. The first kappa shape index (κ1) is 14.6. The van der Waals surface area contributed by atoms with Crippen molar-refractivity contribution in [1.29, 1.82) is 0 Å². The van der Waals surface area contributed by atoms with E-state index >= 15 is 0 Å². The van der Waals surface area contributed by atoms with Crippen molar-refractivity contribution in [3.05, 3.63) is 33.9 Å². The number of urea groups is 1. The summed E-state index contributed by atoms with van der Waals surface area (Å²) in [6.45, 7) is 9.36. The fourth-order valence-electron chi connectivity index (χ4n) is 2.25. The molecule has 100 valence electrons. The second-order valence-corrected chi connectivity index (χ2v) is 4.97. The predicted octanol–water partition coefficient (Wildman–Crippen LogP) is 2.73. The fourth-order valence-corrected chi connectivity index (χ4v) is 2.25. The van der Waals surface area contributed by atoms with Gasteiger partial charge in [-0.05, 0) is 61.9 Å². The SMILES string of the molecule is CNC(=O)N(C)CCc1c(C)c(C)cc(C)c1C. The maximum atomic E-state index is 11.5. The quantitative estimate of drug-likeness (QED) is 0.876. The average molecular weight is 248 g/mol. The Balaban J connectivity index is 2.88. The zero-order valence-corrected chi connectivity index (χ0v) is 12.3. The molecule has 0 aliphatic rings. The van der Waals surface area contributed by atoms with Gasteiger partial charge in [-0.2, -0.15) is 0 Å². The second kappa shape index (κ2) is 5.89. The first-order valence-electron chi connectivity index (χ1n) is 6.37. The lowest BCUT2D eigenvalue weighted by atomic mass is 9.92. The number of carbonyl (C=O) groups is 1. The van der Waals surface area contributed by atoms with Gasteiger partial charge in [0, 0.05) is 20.6 Å². The van der Waals surface area contributed by atoms with E-state index in [4.69, 9.17) is 0 Å². The van der Waals surface area contributed by atoms with Crippen LogP contribution in [-0.2, 0) is 6.42 Å². The van der Waals surface area contributed by atoms with E-state index in [1.54, 1.807) is 11.9 Å². The summed E-state index contributed by atoms with van der Waals surface area (Å²) in [7, 11) is 3.48. The van der Waals surface area contributed by atoms with Crippen molar-refractivity contribution in [2.75, 3.05) is 20.6 Å². The molecule has 0 spiro atoms. The van der Waals surface area contributed by atoms with Crippen LogP contribution >= 0.6 is 0 Å². The van der Waals surface area contributed by atoms with Gasteiger partial charge in [0.2, 0.25) is 0 Å². The highest BCUT2D eigenvalue weighted by Gasteiger charge is 2.11. The number of hydrogen-bond acceptors (Lipinski definition) is 1. The summed E-state index contributed by atoms with van der Waals surface area (Å²) in [6, 6.07) is 2.20. The topological polar surface area (TPSA) is 32.3 Å². The van der Waals surface area contributed by atoms with Gasteiger partial charge in [-0.1, -0.05) is 6.07 Å². The van der Waals surface area contributed by atoms with Gasteiger partial charge in [0.05, 0.1) is 0 Å². The molecule has 0 radical (unpaired) electrons. The number of carbonyl (C=O) groups excluding carboxylic acids is 1. The summed E-state index contributed by atoms with van der Waals surface area (Å²) in [4.78, 5) is 13.2. The maximum absolute atomic E-state index is 11.5. The Morgan fingerprint density at radius 3 is 2.11 bits per heavy atom. The molecule has 0 fully saturated rings. The van der Waals surface area contributed by atoms with Crippen LogP contribution < -0.4 is 5.32 Å². The number of nitrogens with zero attached hydrogens (tertiary/aromatic N) is 1. The molecule has 0 aliphatic carbocycles. The Hall–Kier alpha value is -1.51. The molecule has 0 unspecified atom stereocenters. The molecule has 1 rings (SSSR count). The minimum atomic E-state index is -0.0327. The number of likely N-dealkylation sites (N-methyl/N-ethyl adjacent to an activating group) is 1. The van der Waals surface area contributed by atoms with Crippen molar-refractivity contribution in [3.63, 3.8) is 0 Å². The van der Waals surface area contributed by atoms with Crippen molar-refractivity contribution in [2.24, 2.45) is 0 Å². The van der Waals surface area contributed by atoms with Gasteiger partial charge in [0.15, 0.2) is 0 Å². The number of amides is 2. The molecule has 0 aliphatic heterocycles.